The SMILES string of the molecule is CCC(C)CC1(CC)CNC1. The van der Waals surface area contributed by atoms with E-state index in [4.69, 9.17) is 0 Å². The molecule has 11 heavy (non-hydrogen) atoms. The Morgan fingerprint density at radius 3 is 2.27 bits per heavy atom. The molecule has 1 nitrogen and oxygen atoms in total. The van der Waals surface area contributed by atoms with Crippen LogP contribution in [0, 0.1) is 11.3 Å². The van der Waals surface area contributed by atoms with Crippen molar-refractivity contribution in [3.05, 3.63) is 0 Å². The van der Waals surface area contributed by atoms with Gasteiger partial charge in [0.05, 0.1) is 0 Å². The van der Waals surface area contributed by atoms with E-state index in [2.05, 4.69) is 26.1 Å². The lowest BCUT2D eigenvalue weighted by atomic mass is 9.72. The van der Waals surface area contributed by atoms with Gasteiger partial charge in [-0.25, -0.2) is 0 Å². The average molecular weight is 155 g/mol. The first-order chi connectivity index (χ1) is 5.22. The van der Waals surface area contributed by atoms with Crippen molar-refractivity contribution < 1.29 is 0 Å². The Bertz CT molecular complexity index is 111. The van der Waals surface area contributed by atoms with Gasteiger partial charge in [-0.2, -0.15) is 0 Å². The minimum absolute atomic E-state index is 0.676. The normalized spacial score (nSPS) is 24.3. The molecule has 66 valence electrons. The fraction of sp³-hybridized carbons (Fsp3) is 1.00. The van der Waals surface area contributed by atoms with E-state index in [0.717, 1.165) is 5.92 Å². The molecule has 1 rings (SSSR count). The first-order valence-electron chi connectivity index (χ1n) is 4.93. The monoisotopic (exact) mass is 155 g/mol. The molecule has 1 fully saturated rings. The van der Waals surface area contributed by atoms with Gasteiger partial charge in [0.1, 0.15) is 0 Å². The molecule has 1 N–H and O–H groups in total. The number of rotatable bonds is 4. The molecule has 1 heteroatoms. The summed E-state index contributed by atoms with van der Waals surface area (Å²) in [6, 6.07) is 0. The summed E-state index contributed by atoms with van der Waals surface area (Å²) in [6.45, 7) is 9.50. The highest BCUT2D eigenvalue weighted by Crippen LogP contribution is 2.34. The summed E-state index contributed by atoms with van der Waals surface area (Å²) in [4.78, 5) is 0. The molecule has 0 amide bonds. The van der Waals surface area contributed by atoms with E-state index in [-0.39, 0.29) is 0 Å². The molecule has 1 saturated heterocycles. The molecule has 0 aromatic rings. The lowest BCUT2D eigenvalue weighted by Crippen LogP contribution is -2.53. The van der Waals surface area contributed by atoms with E-state index in [1.807, 2.05) is 0 Å². The van der Waals surface area contributed by atoms with Crippen LogP contribution < -0.4 is 5.32 Å². The third-order valence-corrected chi connectivity index (χ3v) is 3.23. The van der Waals surface area contributed by atoms with E-state index in [0.29, 0.717) is 5.41 Å². The lowest BCUT2D eigenvalue weighted by molar-refractivity contribution is 0.120. The molecule has 1 unspecified atom stereocenters. The molecular weight excluding hydrogens is 134 g/mol. The average Bonchev–Trinajstić information content (AvgIpc) is 1.96. The largest absolute Gasteiger partial charge is 0.316 e. The fourth-order valence-corrected chi connectivity index (χ4v) is 1.90. The van der Waals surface area contributed by atoms with Gasteiger partial charge in [0.2, 0.25) is 0 Å². The zero-order valence-corrected chi connectivity index (χ0v) is 8.11. The summed E-state index contributed by atoms with van der Waals surface area (Å²) >= 11 is 0. The molecule has 1 aliphatic heterocycles. The van der Waals surface area contributed by atoms with Crippen molar-refractivity contribution in [1.82, 2.24) is 5.32 Å². The Morgan fingerprint density at radius 1 is 1.36 bits per heavy atom. The van der Waals surface area contributed by atoms with Crippen LogP contribution in [0.25, 0.3) is 0 Å². The van der Waals surface area contributed by atoms with Crippen LogP contribution in [0.15, 0.2) is 0 Å². The third kappa shape index (κ3) is 1.96. The predicted octanol–water partition coefficient (Wildman–Crippen LogP) is 2.42. The summed E-state index contributed by atoms with van der Waals surface area (Å²) in [5.41, 5.74) is 0.676. The van der Waals surface area contributed by atoms with Crippen molar-refractivity contribution >= 4 is 0 Å². The maximum atomic E-state index is 3.38. The van der Waals surface area contributed by atoms with Gasteiger partial charge < -0.3 is 5.32 Å². The smallest absolute Gasteiger partial charge is 0.00202 e. The van der Waals surface area contributed by atoms with Gasteiger partial charge >= 0.3 is 0 Å². The number of hydrogen-bond donors (Lipinski definition) is 1. The Hall–Kier alpha value is -0.0400. The zero-order chi connectivity index (χ0) is 8.32. The zero-order valence-electron chi connectivity index (χ0n) is 8.11. The van der Waals surface area contributed by atoms with Crippen molar-refractivity contribution in [2.45, 2.75) is 40.0 Å². The first kappa shape index (κ1) is 9.05. The van der Waals surface area contributed by atoms with Crippen molar-refractivity contribution in [1.29, 1.82) is 0 Å². The maximum Gasteiger partial charge on any atom is 0.00202 e. The molecule has 1 atom stereocenters. The van der Waals surface area contributed by atoms with Gasteiger partial charge in [-0.1, -0.05) is 27.2 Å². The van der Waals surface area contributed by atoms with Crippen LogP contribution in [0.2, 0.25) is 0 Å². The molecule has 1 heterocycles. The Morgan fingerprint density at radius 2 is 2.00 bits per heavy atom. The van der Waals surface area contributed by atoms with Gasteiger partial charge in [0.15, 0.2) is 0 Å². The summed E-state index contributed by atoms with van der Waals surface area (Å²) in [7, 11) is 0. The van der Waals surface area contributed by atoms with E-state index < -0.39 is 0 Å². The lowest BCUT2D eigenvalue weighted by Gasteiger charge is -2.43. The minimum atomic E-state index is 0.676. The highest BCUT2D eigenvalue weighted by molar-refractivity contribution is 4.91. The molecular formula is C10H21N. The predicted molar refractivity (Wildman–Crippen MR) is 49.7 cm³/mol. The van der Waals surface area contributed by atoms with Crippen LogP contribution in [0.5, 0.6) is 0 Å². The van der Waals surface area contributed by atoms with Gasteiger partial charge in [0, 0.05) is 13.1 Å². The van der Waals surface area contributed by atoms with Crippen LogP contribution in [0.3, 0.4) is 0 Å². The summed E-state index contributed by atoms with van der Waals surface area (Å²) < 4.78 is 0. The standard InChI is InChI=1S/C10H21N/c1-4-9(3)6-10(5-2)7-11-8-10/h9,11H,4-8H2,1-3H3. The first-order valence-corrected chi connectivity index (χ1v) is 4.93. The van der Waals surface area contributed by atoms with Crippen molar-refractivity contribution in [3.63, 3.8) is 0 Å². The summed E-state index contributed by atoms with van der Waals surface area (Å²) in [6.07, 6.45) is 4.11. The topological polar surface area (TPSA) is 12.0 Å². The number of nitrogens with one attached hydrogen (secondary N) is 1. The quantitative estimate of drug-likeness (QED) is 0.657. The Balaban J connectivity index is 2.32. The number of hydrogen-bond acceptors (Lipinski definition) is 1. The third-order valence-electron chi connectivity index (χ3n) is 3.23. The maximum absolute atomic E-state index is 3.38. The Kier molecular flexibility index (Phi) is 2.94. The molecule has 0 saturated carbocycles. The van der Waals surface area contributed by atoms with Crippen molar-refractivity contribution in [2.24, 2.45) is 11.3 Å². The van der Waals surface area contributed by atoms with Gasteiger partial charge in [0.25, 0.3) is 0 Å². The molecule has 1 aliphatic rings. The highest BCUT2D eigenvalue weighted by Gasteiger charge is 2.35. The second-order valence-corrected chi connectivity index (χ2v) is 4.17. The second-order valence-electron chi connectivity index (χ2n) is 4.17. The molecule has 0 spiro atoms. The second kappa shape index (κ2) is 3.57. The van der Waals surface area contributed by atoms with Crippen LogP contribution >= 0.6 is 0 Å². The van der Waals surface area contributed by atoms with Gasteiger partial charge in [-0.15, -0.1) is 0 Å². The molecule has 0 aromatic carbocycles. The minimum Gasteiger partial charge on any atom is -0.316 e. The van der Waals surface area contributed by atoms with Crippen molar-refractivity contribution in [3.8, 4) is 0 Å². The molecule has 0 bridgehead atoms. The van der Waals surface area contributed by atoms with Crippen LogP contribution in [-0.4, -0.2) is 13.1 Å². The van der Waals surface area contributed by atoms with Crippen LogP contribution in [-0.2, 0) is 0 Å². The molecule has 0 aliphatic carbocycles. The molecule has 0 aromatic heterocycles. The van der Waals surface area contributed by atoms with Crippen LogP contribution in [0.4, 0.5) is 0 Å². The summed E-state index contributed by atoms with van der Waals surface area (Å²) in [5.74, 6) is 0.914. The van der Waals surface area contributed by atoms with E-state index in [9.17, 15) is 0 Å². The van der Waals surface area contributed by atoms with E-state index in [1.54, 1.807) is 0 Å². The van der Waals surface area contributed by atoms with Crippen molar-refractivity contribution in [2.75, 3.05) is 13.1 Å². The van der Waals surface area contributed by atoms with Crippen LogP contribution in [0.1, 0.15) is 40.0 Å². The fourth-order valence-electron chi connectivity index (χ4n) is 1.90. The van der Waals surface area contributed by atoms with Gasteiger partial charge in [-0.05, 0) is 24.2 Å². The molecule has 0 radical (unpaired) electrons. The summed E-state index contributed by atoms with van der Waals surface area (Å²) in [5, 5.41) is 3.38. The van der Waals surface area contributed by atoms with Gasteiger partial charge in [-0.3, -0.25) is 0 Å². The highest BCUT2D eigenvalue weighted by atomic mass is 15.0. The van der Waals surface area contributed by atoms with E-state index >= 15 is 0 Å². The Labute approximate surface area is 70.6 Å². The van der Waals surface area contributed by atoms with E-state index in [1.165, 1.54) is 32.4 Å².